The van der Waals surface area contributed by atoms with Crippen LogP contribution in [0.15, 0.2) is 48.7 Å². The number of hydrogen-bond acceptors (Lipinski definition) is 4. The number of nitriles is 1. The number of carbonyl (C=O) groups is 1. The van der Waals surface area contributed by atoms with Gasteiger partial charge in [-0.25, -0.2) is 4.39 Å². The number of rotatable bonds is 5. The lowest BCUT2D eigenvalue weighted by molar-refractivity contribution is 0.0999. The molecule has 2 N–H and O–H groups in total. The van der Waals surface area contributed by atoms with E-state index in [4.69, 9.17) is 15.7 Å². The molecule has 5 nitrogen and oxygen atoms in total. The van der Waals surface area contributed by atoms with Crippen LogP contribution < -0.4 is 10.5 Å². The third kappa shape index (κ3) is 3.84. The van der Waals surface area contributed by atoms with Gasteiger partial charge < -0.3 is 10.5 Å². The number of pyridine rings is 1. The first kappa shape index (κ1) is 19.1. The highest BCUT2D eigenvalue weighted by Crippen LogP contribution is 2.25. The lowest BCUT2D eigenvalue weighted by Crippen LogP contribution is -2.12. The van der Waals surface area contributed by atoms with Gasteiger partial charge in [-0.15, -0.1) is 0 Å². The molecule has 0 atom stereocenters. The highest BCUT2D eigenvalue weighted by atomic mass is 19.1. The lowest BCUT2D eigenvalue weighted by Gasteiger charge is -2.11. The largest absolute Gasteiger partial charge is 0.486 e. The van der Waals surface area contributed by atoms with Crippen LogP contribution >= 0.6 is 0 Å². The monoisotopic (exact) mass is 375 g/mol. The summed E-state index contributed by atoms with van der Waals surface area (Å²) in [4.78, 5) is 15.7. The van der Waals surface area contributed by atoms with Crippen LogP contribution in [0.3, 0.4) is 0 Å². The van der Waals surface area contributed by atoms with Gasteiger partial charge in [-0.1, -0.05) is 6.07 Å². The molecule has 2 aromatic carbocycles. The number of ether oxygens (including phenoxy) is 1. The molecule has 0 radical (unpaired) electrons. The topological polar surface area (TPSA) is 89.0 Å². The highest BCUT2D eigenvalue weighted by molar-refractivity contribution is 5.94. The molecular formula is C22H18FN3O2. The molecule has 3 rings (SSSR count). The van der Waals surface area contributed by atoms with Crippen molar-refractivity contribution in [3.8, 4) is 23.1 Å². The van der Waals surface area contributed by atoms with Crippen molar-refractivity contribution >= 4 is 5.91 Å². The molecule has 0 saturated carbocycles. The molecule has 0 unspecified atom stereocenters. The average molecular weight is 375 g/mol. The van der Waals surface area contributed by atoms with E-state index in [-0.39, 0.29) is 23.5 Å². The Hall–Kier alpha value is -3.72. The minimum atomic E-state index is -0.536. The maximum atomic E-state index is 14.3. The van der Waals surface area contributed by atoms with Crippen LogP contribution in [-0.4, -0.2) is 10.9 Å². The molecule has 1 amide bonds. The van der Waals surface area contributed by atoms with Gasteiger partial charge in [0.1, 0.15) is 6.61 Å². The molecule has 0 fully saturated rings. The van der Waals surface area contributed by atoms with Gasteiger partial charge in [0, 0.05) is 22.9 Å². The van der Waals surface area contributed by atoms with Gasteiger partial charge in [0.2, 0.25) is 5.91 Å². The maximum absolute atomic E-state index is 14.3. The van der Waals surface area contributed by atoms with E-state index in [0.29, 0.717) is 11.3 Å². The first-order chi connectivity index (χ1) is 13.4. The molecule has 0 aliphatic carbocycles. The second kappa shape index (κ2) is 7.89. The van der Waals surface area contributed by atoms with Gasteiger partial charge in [-0.05, 0) is 61.4 Å². The van der Waals surface area contributed by atoms with E-state index >= 15 is 0 Å². The number of nitrogens with two attached hydrogens (primary N) is 1. The molecule has 1 heterocycles. The zero-order valence-corrected chi connectivity index (χ0v) is 15.5. The van der Waals surface area contributed by atoms with E-state index in [2.05, 4.69) is 4.98 Å². The minimum absolute atomic E-state index is 0.0940. The Bertz CT molecular complexity index is 1100. The standard InChI is InChI=1S/C22H18FN3O2/c1-13-9-16(3-5-18(13)22(25)27)19-10-15(7-8-26-19)12-28-20-6-4-17(11-24)14(2)21(20)23/h3-10H,12H2,1-2H3,(H2,25,27). The molecule has 3 aromatic rings. The van der Waals surface area contributed by atoms with Crippen LogP contribution in [-0.2, 0) is 6.61 Å². The van der Waals surface area contributed by atoms with Crippen molar-refractivity contribution in [1.29, 1.82) is 5.26 Å². The molecule has 0 aliphatic heterocycles. The normalized spacial score (nSPS) is 10.4. The molecule has 140 valence electrons. The number of hydrogen-bond donors (Lipinski definition) is 1. The first-order valence-corrected chi connectivity index (χ1v) is 8.58. The molecule has 0 saturated heterocycles. The number of halogens is 1. The number of benzene rings is 2. The smallest absolute Gasteiger partial charge is 0.248 e. The van der Waals surface area contributed by atoms with Crippen LogP contribution in [0.4, 0.5) is 4.39 Å². The van der Waals surface area contributed by atoms with E-state index < -0.39 is 11.7 Å². The fourth-order valence-electron chi connectivity index (χ4n) is 2.88. The van der Waals surface area contributed by atoms with Crippen molar-refractivity contribution in [2.75, 3.05) is 0 Å². The summed E-state index contributed by atoms with van der Waals surface area (Å²) >= 11 is 0. The van der Waals surface area contributed by atoms with Gasteiger partial charge in [-0.2, -0.15) is 5.26 Å². The molecule has 1 aromatic heterocycles. The van der Waals surface area contributed by atoms with E-state index in [0.717, 1.165) is 16.7 Å². The van der Waals surface area contributed by atoms with Crippen LogP contribution in [0, 0.1) is 31.0 Å². The zero-order valence-electron chi connectivity index (χ0n) is 15.5. The van der Waals surface area contributed by atoms with Gasteiger partial charge in [0.25, 0.3) is 0 Å². The van der Waals surface area contributed by atoms with Gasteiger partial charge in [-0.3, -0.25) is 9.78 Å². The number of aromatic nitrogens is 1. The molecule has 6 heteroatoms. The van der Waals surface area contributed by atoms with Crippen molar-refractivity contribution in [2.45, 2.75) is 20.5 Å². The van der Waals surface area contributed by atoms with Crippen LogP contribution in [0.1, 0.15) is 32.6 Å². The Morgan fingerprint density at radius 3 is 2.68 bits per heavy atom. The summed E-state index contributed by atoms with van der Waals surface area (Å²) in [5.41, 5.74) is 9.48. The average Bonchev–Trinajstić information content (AvgIpc) is 2.69. The molecule has 28 heavy (non-hydrogen) atoms. The molecule has 0 bridgehead atoms. The van der Waals surface area contributed by atoms with Crippen molar-refractivity contribution in [1.82, 2.24) is 4.98 Å². The summed E-state index contributed by atoms with van der Waals surface area (Å²) in [7, 11) is 0. The summed E-state index contributed by atoms with van der Waals surface area (Å²) in [5.74, 6) is -0.915. The lowest BCUT2D eigenvalue weighted by atomic mass is 10.0. The zero-order chi connectivity index (χ0) is 20.3. The van der Waals surface area contributed by atoms with Crippen molar-refractivity contribution in [3.63, 3.8) is 0 Å². The Kier molecular flexibility index (Phi) is 5.37. The fraction of sp³-hybridized carbons (Fsp3) is 0.136. The second-order valence-electron chi connectivity index (χ2n) is 6.39. The highest BCUT2D eigenvalue weighted by Gasteiger charge is 2.12. The number of primary amides is 1. The third-order valence-corrected chi connectivity index (χ3v) is 4.48. The quantitative estimate of drug-likeness (QED) is 0.728. The number of amides is 1. The van der Waals surface area contributed by atoms with Gasteiger partial charge in [0.15, 0.2) is 11.6 Å². The van der Waals surface area contributed by atoms with E-state index in [9.17, 15) is 9.18 Å². The van der Waals surface area contributed by atoms with Crippen LogP contribution in [0.5, 0.6) is 5.75 Å². The predicted molar refractivity (Wildman–Crippen MR) is 103 cm³/mol. The number of nitrogens with zero attached hydrogens (tertiary/aromatic N) is 2. The minimum Gasteiger partial charge on any atom is -0.486 e. The van der Waals surface area contributed by atoms with Crippen molar-refractivity contribution < 1.29 is 13.9 Å². The number of aryl methyl sites for hydroxylation is 1. The fourth-order valence-corrected chi connectivity index (χ4v) is 2.88. The predicted octanol–water partition coefficient (Wildman–Crippen LogP) is 4.05. The summed E-state index contributed by atoms with van der Waals surface area (Å²) in [6.45, 7) is 3.51. The van der Waals surface area contributed by atoms with Crippen LogP contribution in [0.2, 0.25) is 0 Å². The summed E-state index contributed by atoms with van der Waals surface area (Å²) < 4.78 is 19.9. The Morgan fingerprint density at radius 2 is 2.00 bits per heavy atom. The van der Waals surface area contributed by atoms with Gasteiger partial charge >= 0.3 is 0 Å². The second-order valence-corrected chi connectivity index (χ2v) is 6.39. The summed E-state index contributed by atoms with van der Waals surface area (Å²) in [6, 6.07) is 13.9. The van der Waals surface area contributed by atoms with E-state index in [1.165, 1.54) is 12.1 Å². The SMILES string of the molecule is Cc1cc(-c2cc(COc3ccc(C#N)c(C)c3F)ccn2)ccc1C(N)=O. The Morgan fingerprint density at radius 1 is 1.21 bits per heavy atom. The molecule has 0 aliphatic rings. The van der Waals surface area contributed by atoms with Crippen molar-refractivity contribution in [3.05, 3.63) is 82.3 Å². The number of carbonyl (C=O) groups excluding carboxylic acids is 1. The van der Waals surface area contributed by atoms with E-state index in [1.807, 2.05) is 25.1 Å². The summed E-state index contributed by atoms with van der Waals surface area (Å²) in [6.07, 6.45) is 1.64. The third-order valence-electron chi connectivity index (χ3n) is 4.48. The Balaban J connectivity index is 1.81. The maximum Gasteiger partial charge on any atom is 0.248 e. The molecular weight excluding hydrogens is 357 g/mol. The Labute approximate surface area is 162 Å². The van der Waals surface area contributed by atoms with E-state index in [1.54, 1.807) is 31.3 Å². The summed E-state index contributed by atoms with van der Waals surface area (Å²) in [5, 5.41) is 8.96. The first-order valence-electron chi connectivity index (χ1n) is 8.58. The van der Waals surface area contributed by atoms with Crippen LogP contribution in [0.25, 0.3) is 11.3 Å². The molecule has 0 spiro atoms. The van der Waals surface area contributed by atoms with Crippen molar-refractivity contribution in [2.24, 2.45) is 5.73 Å². The van der Waals surface area contributed by atoms with Gasteiger partial charge in [0.05, 0.1) is 17.3 Å².